The zero-order valence-electron chi connectivity index (χ0n) is 10.8. The van der Waals surface area contributed by atoms with Gasteiger partial charge in [-0.15, -0.1) is 0 Å². The van der Waals surface area contributed by atoms with Gasteiger partial charge in [-0.1, -0.05) is 18.6 Å². The Balaban J connectivity index is 1.78. The largest absolute Gasteiger partial charge is 0.480 e. The van der Waals surface area contributed by atoms with Gasteiger partial charge in [0.2, 0.25) is 0 Å². The van der Waals surface area contributed by atoms with E-state index in [1.807, 2.05) is 11.0 Å². The van der Waals surface area contributed by atoms with E-state index in [9.17, 15) is 14.3 Å². The first-order chi connectivity index (χ1) is 9.15. The highest BCUT2D eigenvalue weighted by Gasteiger charge is 2.47. The lowest BCUT2D eigenvalue weighted by atomic mass is 9.94. The average Bonchev–Trinajstić information content (AvgIpc) is 2.88. The Morgan fingerprint density at radius 2 is 2.26 bits per heavy atom. The molecule has 102 valence electrons. The molecule has 1 aromatic rings. The standard InChI is InChI=1S/C15H18FNO2/c16-12-5-1-3-10(7-12)8-17-9-11-4-2-6-13(11)14(17)15(18)19/h1,3,5,7,11,13-14H,2,4,6,8-9H2,(H,18,19). The lowest BCUT2D eigenvalue weighted by Crippen LogP contribution is -2.39. The summed E-state index contributed by atoms with van der Waals surface area (Å²) in [4.78, 5) is 13.5. The molecule has 19 heavy (non-hydrogen) atoms. The van der Waals surface area contributed by atoms with Gasteiger partial charge in [0.05, 0.1) is 0 Å². The fourth-order valence-electron chi connectivity index (χ4n) is 3.77. The summed E-state index contributed by atoms with van der Waals surface area (Å²) in [6, 6.07) is 6.05. The van der Waals surface area contributed by atoms with E-state index < -0.39 is 12.0 Å². The molecular formula is C15H18FNO2. The van der Waals surface area contributed by atoms with Crippen molar-refractivity contribution in [3.63, 3.8) is 0 Å². The molecule has 0 bridgehead atoms. The van der Waals surface area contributed by atoms with Crippen molar-refractivity contribution in [2.24, 2.45) is 11.8 Å². The van der Waals surface area contributed by atoms with E-state index in [1.165, 1.54) is 12.1 Å². The van der Waals surface area contributed by atoms with Crippen LogP contribution in [0.4, 0.5) is 4.39 Å². The molecule has 3 nitrogen and oxygen atoms in total. The summed E-state index contributed by atoms with van der Waals surface area (Å²) in [5.41, 5.74) is 0.853. The molecule has 3 atom stereocenters. The minimum absolute atomic E-state index is 0.260. The molecule has 1 saturated carbocycles. The molecule has 4 heteroatoms. The van der Waals surface area contributed by atoms with E-state index in [1.54, 1.807) is 6.07 Å². The first-order valence-corrected chi connectivity index (χ1v) is 6.86. The van der Waals surface area contributed by atoms with E-state index in [2.05, 4.69) is 0 Å². The van der Waals surface area contributed by atoms with Crippen LogP contribution < -0.4 is 0 Å². The average molecular weight is 263 g/mol. The van der Waals surface area contributed by atoms with Crippen LogP contribution in [0.3, 0.4) is 0 Å². The minimum Gasteiger partial charge on any atom is -0.480 e. The second-order valence-corrected chi connectivity index (χ2v) is 5.70. The van der Waals surface area contributed by atoms with Crippen molar-refractivity contribution >= 4 is 5.97 Å². The maximum Gasteiger partial charge on any atom is 0.321 e. The fraction of sp³-hybridized carbons (Fsp3) is 0.533. The normalized spacial score (nSPS) is 30.5. The van der Waals surface area contributed by atoms with Crippen LogP contribution in [-0.4, -0.2) is 28.6 Å². The molecule has 1 aliphatic heterocycles. The van der Waals surface area contributed by atoms with Crippen LogP contribution in [0.1, 0.15) is 24.8 Å². The number of hydrogen-bond donors (Lipinski definition) is 1. The summed E-state index contributed by atoms with van der Waals surface area (Å²) in [5, 5.41) is 9.45. The van der Waals surface area contributed by atoms with Crippen molar-refractivity contribution in [2.45, 2.75) is 31.8 Å². The molecule has 1 aromatic carbocycles. The van der Waals surface area contributed by atoms with E-state index in [-0.39, 0.29) is 11.7 Å². The molecule has 2 fully saturated rings. The minimum atomic E-state index is -0.731. The monoisotopic (exact) mass is 263 g/mol. The second-order valence-electron chi connectivity index (χ2n) is 5.70. The van der Waals surface area contributed by atoms with Crippen molar-refractivity contribution < 1.29 is 14.3 Å². The van der Waals surface area contributed by atoms with Gasteiger partial charge in [-0.05, 0) is 42.4 Å². The van der Waals surface area contributed by atoms with Crippen LogP contribution in [0.2, 0.25) is 0 Å². The number of carbonyl (C=O) groups is 1. The van der Waals surface area contributed by atoms with Crippen molar-refractivity contribution in [1.82, 2.24) is 4.90 Å². The van der Waals surface area contributed by atoms with Crippen LogP contribution in [0.15, 0.2) is 24.3 Å². The van der Waals surface area contributed by atoms with Gasteiger partial charge in [-0.2, -0.15) is 0 Å². The molecule has 3 rings (SSSR count). The summed E-state index contributed by atoms with van der Waals surface area (Å²) in [6.45, 7) is 1.36. The molecule has 1 saturated heterocycles. The van der Waals surface area contributed by atoms with Gasteiger partial charge >= 0.3 is 5.97 Å². The third-order valence-corrected chi connectivity index (χ3v) is 4.51. The number of fused-ring (bicyclic) bond motifs is 1. The van der Waals surface area contributed by atoms with E-state index in [0.29, 0.717) is 12.5 Å². The number of aliphatic carboxylic acids is 1. The van der Waals surface area contributed by atoms with E-state index in [4.69, 9.17) is 0 Å². The summed E-state index contributed by atoms with van der Waals surface area (Å²) in [6.07, 6.45) is 3.29. The Labute approximate surface area is 112 Å². The van der Waals surface area contributed by atoms with Gasteiger partial charge in [0, 0.05) is 13.1 Å². The number of likely N-dealkylation sites (tertiary alicyclic amines) is 1. The molecular weight excluding hydrogens is 245 g/mol. The zero-order valence-corrected chi connectivity index (χ0v) is 10.8. The van der Waals surface area contributed by atoms with Crippen LogP contribution in [0.25, 0.3) is 0 Å². The predicted octanol–water partition coefficient (Wildman–Crippen LogP) is 2.51. The van der Waals surface area contributed by atoms with Gasteiger partial charge in [-0.25, -0.2) is 4.39 Å². The molecule has 1 heterocycles. The number of carboxylic acid groups (broad SMARTS) is 1. The summed E-state index contributed by atoms with van der Waals surface area (Å²) < 4.78 is 13.2. The van der Waals surface area contributed by atoms with Crippen LogP contribution in [-0.2, 0) is 11.3 Å². The lowest BCUT2D eigenvalue weighted by molar-refractivity contribution is -0.143. The molecule has 0 amide bonds. The Morgan fingerprint density at radius 1 is 1.42 bits per heavy atom. The number of nitrogens with zero attached hydrogens (tertiary/aromatic N) is 1. The number of benzene rings is 1. The third kappa shape index (κ3) is 2.37. The highest BCUT2D eigenvalue weighted by atomic mass is 19.1. The first kappa shape index (κ1) is 12.6. The number of carboxylic acids is 1. The van der Waals surface area contributed by atoms with E-state index >= 15 is 0 Å². The second kappa shape index (κ2) is 4.93. The van der Waals surface area contributed by atoms with Crippen LogP contribution in [0.5, 0.6) is 0 Å². The van der Waals surface area contributed by atoms with Gasteiger partial charge in [0.1, 0.15) is 11.9 Å². The topological polar surface area (TPSA) is 40.5 Å². The number of rotatable bonds is 3. The van der Waals surface area contributed by atoms with Crippen molar-refractivity contribution in [1.29, 1.82) is 0 Å². The summed E-state index contributed by atoms with van der Waals surface area (Å²) in [7, 11) is 0. The van der Waals surface area contributed by atoms with Crippen molar-refractivity contribution in [3.05, 3.63) is 35.6 Å². The fourth-order valence-corrected chi connectivity index (χ4v) is 3.77. The Bertz CT molecular complexity index is 491. The van der Waals surface area contributed by atoms with E-state index in [0.717, 1.165) is 31.4 Å². The lowest BCUT2D eigenvalue weighted by Gasteiger charge is -2.24. The Morgan fingerprint density at radius 3 is 3.00 bits per heavy atom. The third-order valence-electron chi connectivity index (χ3n) is 4.51. The smallest absolute Gasteiger partial charge is 0.321 e. The van der Waals surface area contributed by atoms with Gasteiger partial charge in [-0.3, -0.25) is 9.69 Å². The maximum atomic E-state index is 13.2. The number of hydrogen-bond acceptors (Lipinski definition) is 2. The molecule has 0 radical (unpaired) electrons. The zero-order chi connectivity index (χ0) is 13.4. The molecule has 0 aromatic heterocycles. The van der Waals surface area contributed by atoms with Gasteiger partial charge < -0.3 is 5.11 Å². The maximum absolute atomic E-state index is 13.2. The van der Waals surface area contributed by atoms with Gasteiger partial charge in [0.15, 0.2) is 0 Å². The predicted molar refractivity (Wildman–Crippen MR) is 69.1 cm³/mol. The first-order valence-electron chi connectivity index (χ1n) is 6.86. The number of halogens is 1. The van der Waals surface area contributed by atoms with Crippen LogP contribution in [0, 0.1) is 17.7 Å². The molecule has 3 unspecified atom stereocenters. The Kier molecular flexibility index (Phi) is 3.27. The van der Waals surface area contributed by atoms with Crippen molar-refractivity contribution in [2.75, 3.05) is 6.54 Å². The van der Waals surface area contributed by atoms with Crippen LogP contribution >= 0.6 is 0 Å². The molecule has 2 aliphatic rings. The molecule has 1 N–H and O–H groups in total. The molecule has 0 spiro atoms. The molecule has 1 aliphatic carbocycles. The van der Waals surface area contributed by atoms with Crippen molar-refractivity contribution in [3.8, 4) is 0 Å². The summed E-state index contributed by atoms with van der Waals surface area (Å²) >= 11 is 0. The Hall–Kier alpha value is -1.42. The highest BCUT2D eigenvalue weighted by molar-refractivity contribution is 5.74. The van der Waals surface area contributed by atoms with Gasteiger partial charge in [0.25, 0.3) is 0 Å². The summed E-state index contributed by atoms with van der Waals surface area (Å²) in [5.74, 6) is -0.199. The highest BCUT2D eigenvalue weighted by Crippen LogP contribution is 2.42. The SMILES string of the molecule is O=C(O)C1C2CCCC2CN1Cc1cccc(F)c1. The quantitative estimate of drug-likeness (QED) is 0.911.